The van der Waals surface area contributed by atoms with E-state index in [0.29, 0.717) is 0 Å². The minimum Gasteiger partial charge on any atom is -0.444 e. The van der Waals surface area contributed by atoms with Crippen molar-refractivity contribution in [2.24, 2.45) is 5.92 Å². The Bertz CT molecular complexity index is 242. The van der Waals surface area contributed by atoms with Gasteiger partial charge in [-0.25, -0.2) is 4.79 Å². The Hall–Kier alpha value is -0.380. The molecule has 1 saturated heterocycles. The van der Waals surface area contributed by atoms with Gasteiger partial charge in [0.25, 0.3) is 0 Å². The van der Waals surface area contributed by atoms with Gasteiger partial charge in [-0.2, -0.15) is 11.8 Å². The van der Waals surface area contributed by atoms with Crippen molar-refractivity contribution >= 4 is 17.9 Å². The molecule has 0 aromatic carbocycles. The van der Waals surface area contributed by atoms with Gasteiger partial charge in [0.2, 0.25) is 0 Å². The van der Waals surface area contributed by atoms with Crippen LogP contribution in [-0.4, -0.2) is 41.7 Å². The van der Waals surface area contributed by atoms with Gasteiger partial charge >= 0.3 is 6.09 Å². The first kappa shape index (κ1) is 14.7. The summed E-state index contributed by atoms with van der Waals surface area (Å²) < 4.78 is 5.38. The van der Waals surface area contributed by atoms with Crippen molar-refractivity contribution in [1.29, 1.82) is 0 Å². The molecule has 0 aromatic heterocycles. The second-order valence-corrected chi connectivity index (χ2v) is 6.68. The van der Waals surface area contributed by atoms with Crippen molar-refractivity contribution in [2.45, 2.75) is 45.6 Å². The molecule has 1 aliphatic heterocycles. The van der Waals surface area contributed by atoms with E-state index < -0.39 is 0 Å². The summed E-state index contributed by atoms with van der Waals surface area (Å²) in [6.45, 7) is 7.45. The molecular weight excluding hydrogens is 234 g/mol. The van der Waals surface area contributed by atoms with Crippen LogP contribution in [0.4, 0.5) is 4.79 Å². The molecule has 100 valence electrons. The summed E-state index contributed by atoms with van der Waals surface area (Å²) in [4.78, 5) is 13.7. The highest BCUT2D eigenvalue weighted by molar-refractivity contribution is 7.98. The van der Waals surface area contributed by atoms with Crippen molar-refractivity contribution in [3.8, 4) is 0 Å². The van der Waals surface area contributed by atoms with E-state index in [4.69, 9.17) is 4.74 Å². The van der Waals surface area contributed by atoms with Crippen LogP contribution in [0.15, 0.2) is 0 Å². The largest absolute Gasteiger partial charge is 0.444 e. The van der Waals surface area contributed by atoms with Gasteiger partial charge in [0.15, 0.2) is 0 Å². The van der Waals surface area contributed by atoms with E-state index in [-0.39, 0.29) is 11.7 Å². The Morgan fingerprint density at radius 3 is 2.41 bits per heavy atom. The molecule has 17 heavy (non-hydrogen) atoms. The zero-order valence-corrected chi connectivity index (χ0v) is 12.3. The van der Waals surface area contributed by atoms with E-state index in [1.165, 1.54) is 12.2 Å². The third-order valence-electron chi connectivity index (χ3n) is 3.00. The number of piperidine rings is 1. The standard InChI is InChI=1S/C13H25NO2S/c1-13(2,3)16-12(15)14-8-5-11(6-9-14)7-10-17-4/h11H,5-10H2,1-4H3. The zero-order valence-electron chi connectivity index (χ0n) is 11.5. The molecule has 0 spiro atoms. The van der Waals surface area contributed by atoms with Gasteiger partial charge in [-0.1, -0.05) is 0 Å². The van der Waals surface area contributed by atoms with Gasteiger partial charge in [-0.3, -0.25) is 0 Å². The molecule has 0 atom stereocenters. The molecule has 1 rings (SSSR count). The van der Waals surface area contributed by atoms with Crippen LogP contribution in [-0.2, 0) is 4.74 Å². The Labute approximate surface area is 109 Å². The van der Waals surface area contributed by atoms with E-state index in [9.17, 15) is 4.79 Å². The third kappa shape index (κ3) is 5.66. The number of likely N-dealkylation sites (tertiary alicyclic amines) is 1. The molecular formula is C13H25NO2S. The van der Waals surface area contributed by atoms with Crippen LogP contribution >= 0.6 is 11.8 Å². The topological polar surface area (TPSA) is 29.5 Å². The number of amides is 1. The van der Waals surface area contributed by atoms with Crippen molar-refractivity contribution in [3.63, 3.8) is 0 Å². The fourth-order valence-corrected chi connectivity index (χ4v) is 2.58. The fourth-order valence-electron chi connectivity index (χ4n) is 2.02. The molecule has 1 heterocycles. The number of rotatable bonds is 3. The number of nitrogens with zero attached hydrogens (tertiary/aromatic N) is 1. The predicted octanol–water partition coefficient (Wildman–Crippen LogP) is 3.39. The Kier molecular flexibility index (Phi) is 5.63. The average Bonchev–Trinajstić information content (AvgIpc) is 2.24. The molecule has 0 aliphatic carbocycles. The van der Waals surface area contributed by atoms with Crippen LogP contribution in [0.25, 0.3) is 0 Å². The average molecular weight is 259 g/mol. The summed E-state index contributed by atoms with van der Waals surface area (Å²) in [5.41, 5.74) is -0.382. The Balaban J connectivity index is 2.29. The molecule has 4 heteroatoms. The predicted molar refractivity (Wildman–Crippen MR) is 73.5 cm³/mol. The molecule has 1 amide bonds. The van der Waals surface area contributed by atoms with Crippen molar-refractivity contribution in [2.75, 3.05) is 25.1 Å². The Morgan fingerprint density at radius 1 is 1.35 bits per heavy atom. The number of carbonyl (C=O) groups is 1. The number of hydrogen-bond donors (Lipinski definition) is 0. The molecule has 0 bridgehead atoms. The Morgan fingerprint density at radius 2 is 1.94 bits per heavy atom. The molecule has 1 aliphatic rings. The van der Waals surface area contributed by atoms with Gasteiger partial charge in [-0.05, 0) is 58.0 Å². The number of ether oxygens (including phenoxy) is 1. The van der Waals surface area contributed by atoms with Crippen LogP contribution in [0.1, 0.15) is 40.0 Å². The lowest BCUT2D eigenvalue weighted by atomic mass is 9.95. The smallest absolute Gasteiger partial charge is 0.410 e. The number of thioether (sulfide) groups is 1. The van der Waals surface area contributed by atoms with Crippen LogP contribution in [0.5, 0.6) is 0 Å². The van der Waals surface area contributed by atoms with Crippen molar-refractivity contribution in [1.82, 2.24) is 4.90 Å². The first-order valence-electron chi connectivity index (χ1n) is 6.39. The first-order valence-corrected chi connectivity index (χ1v) is 7.78. The lowest BCUT2D eigenvalue weighted by Gasteiger charge is -2.33. The minimum absolute atomic E-state index is 0.152. The van der Waals surface area contributed by atoms with Crippen molar-refractivity contribution in [3.05, 3.63) is 0 Å². The summed E-state index contributed by atoms with van der Waals surface area (Å²) in [6.07, 6.45) is 5.53. The monoisotopic (exact) mass is 259 g/mol. The summed E-state index contributed by atoms with van der Waals surface area (Å²) in [6, 6.07) is 0. The highest BCUT2D eigenvalue weighted by atomic mass is 32.2. The van der Waals surface area contributed by atoms with E-state index in [1.807, 2.05) is 37.4 Å². The molecule has 0 aromatic rings. The fraction of sp³-hybridized carbons (Fsp3) is 0.923. The zero-order chi connectivity index (χ0) is 12.9. The molecule has 0 saturated carbocycles. The minimum atomic E-state index is -0.382. The van der Waals surface area contributed by atoms with E-state index in [0.717, 1.165) is 31.8 Å². The molecule has 0 N–H and O–H groups in total. The number of hydrogen-bond acceptors (Lipinski definition) is 3. The molecule has 1 fully saturated rings. The SMILES string of the molecule is CSCCC1CCN(C(=O)OC(C)(C)C)CC1. The van der Waals surface area contributed by atoms with Crippen LogP contribution in [0.2, 0.25) is 0 Å². The van der Waals surface area contributed by atoms with Crippen molar-refractivity contribution < 1.29 is 9.53 Å². The summed E-state index contributed by atoms with van der Waals surface area (Å²) in [7, 11) is 0. The van der Waals surface area contributed by atoms with Crippen LogP contribution in [0.3, 0.4) is 0 Å². The molecule has 0 unspecified atom stereocenters. The molecule has 3 nitrogen and oxygen atoms in total. The first-order chi connectivity index (χ1) is 7.92. The second-order valence-electron chi connectivity index (χ2n) is 5.69. The summed E-state index contributed by atoms with van der Waals surface area (Å²) in [5, 5.41) is 0. The van der Waals surface area contributed by atoms with E-state index >= 15 is 0 Å². The quantitative estimate of drug-likeness (QED) is 0.778. The third-order valence-corrected chi connectivity index (χ3v) is 3.64. The lowest BCUT2D eigenvalue weighted by Crippen LogP contribution is -2.41. The maximum Gasteiger partial charge on any atom is 0.410 e. The van der Waals surface area contributed by atoms with Gasteiger partial charge in [0, 0.05) is 13.1 Å². The van der Waals surface area contributed by atoms with Crippen LogP contribution < -0.4 is 0 Å². The van der Waals surface area contributed by atoms with Crippen LogP contribution in [0, 0.1) is 5.92 Å². The van der Waals surface area contributed by atoms with Gasteiger partial charge in [0.1, 0.15) is 5.60 Å². The summed E-state index contributed by atoms with van der Waals surface area (Å²) in [5.74, 6) is 2.03. The molecule has 0 radical (unpaired) electrons. The van der Waals surface area contributed by atoms with Gasteiger partial charge in [0.05, 0.1) is 0 Å². The number of carbonyl (C=O) groups excluding carboxylic acids is 1. The second kappa shape index (κ2) is 6.53. The lowest BCUT2D eigenvalue weighted by molar-refractivity contribution is 0.0183. The van der Waals surface area contributed by atoms with Gasteiger partial charge in [-0.15, -0.1) is 0 Å². The highest BCUT2D eigenvalue weighted by Crippen LogP contribution is 2.23. The maximum absolute atomic E-state index is 11.8. The highest BCUT2D eigenvalue weighted by Gasteiger charge is 2.26. The summed E-state index contributed by atoms with van der Waals surface area (Å²) >= 11 is 1.91. The van der Waals surface area contributed by atoms with E-state index in [1.54, 1.807) is 0 Å². The van der Waals surface area contributed by atoms with E-state index in [2.05, 4.69) is 6.26 Å². The normalized spacial score (nSPS) is 18.2. The maximum atomic E-state index is 11.8. The van der Waals surface area contributed by atoms with Gasteiger partial charge < -0.3 is 9.64 Å².